The van der Waals surface area contributed by atoms with Crippen molar-refractivity contribution in [3.63, 3.8) is 0 Å². The van der Waals surface area contributed by atoms with E-state index in [-0.39, 0.29) is 6.10 Å². The number of aliphatic hydroxyl groups is 1. The highest BCUT2D eigenvalue weighted by atomic mass is 31.2. The lowest BCUT2D eigenvalue weighted by Crippen LogP contribution is -2.22. The van der Waals surface area contributed by atoms with Gasteiger partial charge in [0.15, 0.2) is 5.85 Å². The highest BCUT2D eigenvalue weighted by Crippen LogP contribution is 2.59. The number of hydrogen-bond acceptors (Lipinski definition) is 5. The van der Waals surface area contributed by atoms with Crippen molar-refractivity contribution in [3.05, 3.63) is 54.4 Å². The van der Waals surface area contributed by atoms with Crippen LogP contribution in [0.5, 0.6) is 0 Å². The van der Waals surface area contributed by atoms with Gasteiger partial charge in [0.2, 0.25) is 0 Å². The summed E-state index contributed by atoms with van der Waals surface area (Å²) in [5.74, 6) is -1.22. The van der Waals surface area contributed by atoms with Crippen molar-refractivity contribution in [2.45, 2.75) is 44.1 Å². The van der Waals surface area contributed by atoms with Crippen molar-refractivity contribution in [2.24, 2.45) is 0 Å². The monoisotopic (exact) mass is 374 g/mol. The first-order valence-corrected chi connectivity index (χ1v) is 10.8. The van der Waals surface area contributed by atoms with Gasteiger partial charge in [-0.15, -0.1) is 0 Å². The fourth-order valence-corrected chi connectivity index (χ4v) is 5.62. The molecule has 2 atom stereocenters. The Labute approximate surface area is 155 Å². The predicted molar refractivity (Wildman–Crippen MR) is 105 cm³/mol. The summed E-state index contributed by atoms with van der Waals surface area (Å²) in [6.07, 6.45) is 8.23. The van der Waals surface area contributed by atoms with Crippen molar-refractivity contribution >= 4 is 18.4 Å². The number of hydrogen-bond donors (Lipinski definition) is 1. The van der Waals surface area contributed by atoms with E-state index in [2.05, 4.69) is 4.98 Å². The Kier molecular flexibility index (Phi) is 6.13. The maximum atomic E-state index is 14.0. The quantitative estimate of drug-likeness (QED) is 0.772. The molecule has 0 radical (unpaired) electrons. The van der Waals surface area contributed by atoms with Crippen LogP contribution in [-0.2, 0) is 9.09 Å². The van der Waals surface area contributed by atoms with Gasteiger partial charge in [-0.2, -0.15) is 0 Å². The molecule has 1 aromatic carbocycles. The molecule has 2 aromatic rings. The summed E-state index contributed by atoms with van der Waals surface area (Å²) >= 11 is 0. The summed E-state index contributed by atoms with van der Waals surface area (Å²) in [6.45, 7) is 0. The van der Waals surface area contributed by atoms with E-state index in [1.165, 1.54) is 6.42 Å². The molecule has 5 nitrogen and oxygen atoms in total. The number of benzene rings is 1. The number of rotatable bonds is 6. The van der Waals surface area contributed by atoms with Gasteiger partial charge in [-0.1, -0.05) is 25.3 Å². The standard InChI is InChI=1S/C20H27N2O3P/c1-22(2)17-10-12-19(13-11-17)26(24,25-18-8-4-3-5-9-18)20(23)16-7-6-14-21-15-16/h6-7,10-15,18,20,23H,3-5,8-9H2,1-2H3/t20-,26-/m0/s1. The summed E-state index contributed by atoms with van der Waals surface area (Å²) in [5, 5.41) is 11.5. The lowest BCUT2D eigenvalue weighted by atomic mass is 9.98. The maximum Gasteiger partial charge on any atom is 0.264 e. The fourth-order valence-electron chi connectivity index (χ4n) is 3.34. The molecule has 1 heterocycles. The number of anilines is 1. The van der Waals surface area contributed by atoms with Gasteiger partial charge in [0.1, 0.15) is 0 Å². The number of aliphatic hydroxyl groups excluding tert-OH is 1. The van der Waals surface area contributed by atoms with E-state index in [0.29, 0.717) is 10.9 Å². The largest absolute Gasteiger partial charge is 0.378 e. The minimum absolute atomic E-state index is 0.0746. The molecule has 0 spiro atoms. The molecular formula is C20H27N2O3P. The number of pyridine rings is 1. The van der Waals surface area contributed by atoms with E-state index in [0.717, 1.165) is 31.4 Å². The van der Waals surface area contributed by atoms with Crippen molar-refractivity contribution < 1.29 is 14.2 Å². The van der Waals surface area contributed by atoms with Gasteiger partial charge >= 0.3 is 0 Å². The molecule has 1 fully saturated rings. The van der Waals surface area contributed by atoms with Crippen LogP contribution in [-0.4, -0.2) is 30.3 Å². The molecular weight excluding hydrogens is 347 g/mol. The summed E-state index contributed by atoms with van der Waals surface area (Å²) in [5.41, 5.74) is 1.53. The summed E-state index contributed by atoms with van der Waals surface area (Å²) in [7, 11) is 0.406. The molecule has 0 unspecified atom stereocenters. The average Bonchev–Trinajstić information content (AvgIpc) is 2.69. The molecule has 1 N–H and O–H groups in total. The number of aromatic nitrogens is 1. The molecule has 0 aliphatic heterocycles. The third kappa shape index (κ3) is 4.17. The van der Waals surface area contributed by atoms with Crippen LogP contribution in [0.25, 0.3) is 0 Å². The van der Waals surface area contributed by atoms with Crippen molar-refractivity contribution in [1.82, 2.24) is 4.98 Å². The van der Waals surface area contributed by atoms with Crippen LogP contribution < -0.4 is 10.2 Å². The van der Waals surface area contributed by atoms with Gasteiger partial charge in [0, 0.05) is 43.0 Å². The summed E-state index contributed by atoms with van der Waals surface area (Å²) in [6, 6.07) is 10.9. The lowest BCUT2D eigenvalue weighted by molar-refractivity contribution is 0.137. The van der Waals surface area contributed by atoms with Gasteiger partial charge in [0.25, 0.3) is 7.37 Å². The van der Waals surface area contributed by atoms with E-state index >= 15 is 0 Å². The van der Waals surface area contributed by atoms with Crippen LogP contribution in [0.2, 0.25) is 0 Å². The average molecular weight is 374 g/mol. The van der Waals surface area contributed by atoms with E-state index in [1.807, 2.05) is 31.1 Å². The Morgan fingerprint density at radius 3 is 2.42 bits per heavy atom. The molecule has 1 aliphatic carbocycles. The Morgan fingerprint density at radius 1 is 1.15 bits per heavy atom. The summed E-state index contributed by atoms with van der Waals surface area (Å²) < 4.78 is 20.1. The first-order chi connectivity index (χ1) is 12.5. The van der Waals surface area contributed by atoms with Gasteiger partial charge in [-0.05, 0) is 43.2 Å². The molecule has 140 valence electrons. The van der Waals surface area contributed by atoms with Crippen LogP contribution in [0.15, 0.2) is 48.8 Å². The van der Waals surface area contributed by atoms with Crippen LogP contribution in [0.3, 0.4) is 0 Å². The molecule has 3 rings (SSSR count). The molecule has 0 saturated heterocycles. The van der Waals surface area contributed by atoms with E-state index < -0.39 is 13.2 Å². The van der Waals surface area contributed by atoms with Gasteiger partial charge in [-0.25, -0.2) is 0 Å². The second-order valence-electron chi connectivity index (χ2n) is 7.03. The molecule has 0 amide bonds. The first-order valence-electron chi connectivity index (χ1n) is 9.15. The SMILES string of the molecule is CN(C)c1ccc([P@](=O)(OC2CCCCC2)[C@H](O)c2cccnc2)cc1. The van der Waals surface area contributed by atoms with Gasteiger partial charge < -0.3 is 14.5 Å². The van der Waals surface area contributed by atoms with Crippen molar-refractivity contribution in [1.29, 1.82) is 0 Å². The maximum absolute atomic E-state index is 14.0. The Morgan fingerprint density at radius 2 is 1.85 bits per heavy atom. The molecule has 1 aromatic heterocycles. The van der Waals surface area contributed by atoms with Gasteiger partial charge in [0.05, 0.1) is 6.10 Å². The van der Waals surface area contributed by atoms with Crippen LogP contribution in [0.1, 0.15) is 43.5 Å². The van der Waals surface area contributed by atoms with E-state index in [4.69, 9.17) is 4.52 Å². The molecule has 0 bridgehead atoms. The highest BCUT2D eigenvalue weighted by molar-refractivity contribution is 7.67. The molecule has 6 heteroatoms. The normalized spacial score (nSPS) is 18.9. The zero-order chi connectivity index (χ0) is 18.6. The zero-order valence-electron chi connectivity index (χ0n) is 15.4. The number of nitrogens with zero attached hydrogens (tertiary/aromatic N) is 2. The summed E-state index contributed by atoms with van der Waals surface area (Å²) in [4.78, 5) is 6.03. The lowest BCUT2D eigenvalue weighted by Gasteiger charge is -2.31. The molecule has 1 saturated carbocycles. The van der Waals surface area contributed by atoms with Crippen LogP contribution in [0, 0.1) is 0 Å². The second-order valence-corrected chi connectivity index (χ2v) is 9.44. The van der Waals surface area contributed by atoms with E-state index in [9.17, 15) is 9.67 Å². The predicted octanol–water partition coefficient (Wildman–Crippen LogP) is 4.09. The third-order valence-corrected chi connectivity index (χ3v) is 7.46. The molecule has 1 aliphatic rings. The second kappa shape index (κ2) is 8.34. The topological polar surface area (TPSA) is 62.7 Å². The first kappa shape index (κ1) is 19.1. The zero-order valence-corrected chi connectivity index (χ0v) is 16.3. The Bertz CT molecular complexity index is 743. The fraction of sp³-hybridized carbons (Fsp3) is 0.450. The Hall–Kier alpha value is -1.68. The Balaban J connectivity index is 1.96. The van der Waals surface area contributed by atoms with E-state index in [1.54, 1.807) is 36.7 Å². The highest BCUT2D eigenvalue weighted by Gasteiger charge is 2.39. The van der Waals surface area contributed by atoms with Crippen LogP contribution in [0.4, 0.5) is 5.69 Å². The van der Waals surface area contributed by atoms with Gasteiger partial charge in [-0.3, -0.25) is 9.55 Å². The van der Waals surface area contributed by atoms with Crippen LogP contribution >= 0.6 is 7.37 Å². The molecule has 26 heavy (non-hydrogen) atoms. The van der Waals surface area contributed by atoms with Crippen molar-refractivity contribution in [3.8, 4) is 0 Å². The van der Waals surface area contributed by atoms with Crippen molar-refractivity contribution in [2.75, 3.05) is 19.0 Å². The minimum atomic E-state index is -3.51. The third-order valence-electron chi connectivity index (χ3n) is 4.89. The smallest absolute Gasteiger partial charge is 0.264 e. The minimum Gasteiger partial charge on any atom is -0.378 e.